The number of hydrogen-bond acceptors (Lipinski definition) is 3. The fourth-order valence-corrected chi connectivity index (χ4v) is 2.59. The van der Waals surface area contributed by atoms with Crippen molar-refractivity contribution in [2.24, 2.45) is 11.7 Å². The van der Waals surface area contributed by atoms with Gasteiger partial charge in [-0.1, -0.05) is 18.5 Å². The summed E-state index contributed by atoms with van der Waals surface area (Å²) in [5.74, 6) is 0.669. The minimum atomic E-state index is 0.294. The van der Waals surface area contributed by atoms with Crippen LogP contribution in [0.4, 0.5) is 0 Å². The van der Waals surface area contributed by atoms with Gasteiger partial charge in [-0.05, 0) is 24.5 Å². The van der Waals surface area contributed by atoms with Crippen LogP contribution in [-0.2, 0) is 6.54 Å². The molecule has 1 aliphatic heterocycles. The van der Waals surface area contributed by atoms with E-state index in [1.807, 2.05) is 6.07 Å². The highest BCUT2D eigenvalue weighted by atomic mass is 35.5. The maximum Gasteiger partial charge on any atom is 0.0558 e. The Kier molecular flexibility index (Phi) is 3.79. The van der Waals surface area contributed by atoms with Crippen molar-refractivity contribution in [2.75, 3.05) is 13.1 Å². The smallest absolute Gasteiger partial charge is 0.0558 e. The normalized spacial score (nSPS) is 26.9. The van der Waals surface area contributed by atoms with Gasteiger partial charge < -0.3 is 5.73 Å². The Morgan fingerprint density at radius 2 is 2.38 bits per heavy atom. The summed E-state index contributed by atoms with van der Waals surface area (Å²) in [4.78, 5) is 6.68. The van der Waals surface area contributed by atoms with Crippen LogP contribution in [0.3, 0.4) is 0 Å². The Labute approximate surface area is 102 Å². The zero-order valence-electron chi connectivity index (χ0n) is 9.56. The van der Waals surface area contributed by atoms with E-state index in [1.54, 1.807) is 12.3 Å². The van der Waals surface area contributed by atoms with Gasteiger partial charge >= 0.3 is 0 Å². The van der Waals surface area contributed by atoms with E-state index in [9.17, 15) is 0 Å². The van der Waals surface area contributed by atoms with Crippen LogP contribution in [0.2, 0.25) is 5.02 Å². The molecule has 1 aromatic heterocycles. The van der Waals surface area contributed by atoms with Crippen LogP contribution in [0.25, 0.3) is 0 Å². The number of piperidine rings is 1. The lowest BCUT2D eigenvalue weighted by Crippen LogP contribution is -2.45. The molecule has 0 spiro atoms. The SMILES string of the molecule is CC1CC(N)CN(Cc2cc(Cl)ccn2)C1. The molecule has 1 aliphatic rings. The van der Waals surface area contributed by atoms with E-state index < -0.39 is 0 Å². The first kappa shape index (κ1) is 11.8. The van der Waals surface area contributed by atoms with E-state index in [1.165, 1.54) is 0 Å². The van der Waals surface area contributed by atoms with Crippen molar-refractivity contribution in [1.82, 2.24) is 9.88 Å². The topological polar surface area (TPSA) is 42.1 Å². The summed E-state index contributed by atoms with van der Waals surface area (Å²) in [7, 11) is 0. The summed E-state index contributed by atoms with van der Waals surface area (Å²) in [6.07, 6.45) is 2.88. The second-order valence-corrected chi connectivity index (χ2v) is 5.20. The molecule has 2 rings (SSSR count). The lowest BCUT2D eigenvalue weighted by Gasteiger charge is -2.34. The van der Waals surface area contributed by atoms with E-state index in [2.05, 4.69) is 16.8 Å². The Morgan fingerprint density at radius 1 is 1.56 bits per heavy atom. The average molecular weight is 240 g/mol. The highest BCUT2D eigenvalue weighted by Crippen LogP contribution is 2.17. The van der Waals surface area contributed by atoms with Crippen LogP contribution in [-0.4, -0.2) is 29.0 Å². The predicted octanol–water partition coefficient (Wildman–Crippen LogP) is 1.90. The van der Waals surface area contributed by atoms with Crippen molar-refractivity contribution >= 4 is 11.6 Å². The molecule has 0 bridgehead atoms. The van der Waals surface area contributed by atoms with Gasteiger partial charge in [-0.15, -0.1) is 0 Å². The predicted molar refractivity (Wildman–Crippen MR) is 66.3 cm³/mol. The van der Waals surface area contributed by atoms with Crippen LogP contribution in [0.1, 0.15) is 19.0 Å². The first-order chi connectivity index (χ1) is 7.63. The number of nitrogens with zero attached hydrogens (tertiary/aromatic N) is 2. The summed E-state index contributed by atoms with van der Waals surface area (Å²) in [6.45, 7) is 5.15. The molecule has 0 radical (unpaired) electrons. The highest BCUT2D eigenvalue weighted by molar-refractivity contribution is 6.30. The van der Waals surface area contributed by atoms with Crippen molar-refractivity contribution in [3.8, 4) is 0 Å². The van der Waals surface area contributed by atoms with E-state index >= 15 is 0 Å². The molecule has 4 heteroatoms. The Bertz CT molecular complexity index is 346. The maximum absolute atomic E-state index is 6.01. The molecule has 1 fully saturated rings. The molecule has 1 saturated heterocycles. The van der Waals surface area contributed by atoms with Crippen LogP contribution in [0.15, 0.2) is 18.3 Å². The number of halogens is 1. The van der Waals surface area contributed by atoms with E-state index in [4.69, 9.17) is 17.3 Å². The molecule has 1 aromatic rings. The van der Waals surface area contributed by atoms with Crippen molar-refractivity contribution < 1.29 is 0 Å². The standard InChI is InChI=1S/C12H18ClN3/c1-9-4-11(14)7-16(6-9)8-12-5-10(13)2-3-15-12/h2-3,5,9,11H,4,6-8,14H2,1H3. The molecule has 3 nitrogen and oxygen atoms in total. The molecule has 0 saturated carbocycles. The molecule has 16 heavy (non-hydrogen) atoms. The Morgan fingerprint density at radius 3 is 3.06 bits per heavy atom. The number of nitrogens with two attached hydrogens (primary N) is 1. The number of rotatable bonds is 2. The van der Waals surface area contributed by atoms with Gasteiger partial charge in [-0.3, -0.25) is 9.88 Å². The third-order valence-corrected chi connectivity index (χ3v) is 3.17. The summed E-state index contributed by atoms with van der Waals surface area (Å²) in [5, 5.41) is 0.749. The quantitative estimate of drug-likeness (QED) is 0.857. The first-order valence-electron chi connectivity index (χ1n) is 5.72. The maximum atomic E-state index is 6.01. The minimum Gasteiger partial charge on any atom is -0.327 e. The monoisotopic (exact) mass is 239 g/mol. The van der Waals surface area contributed by atoms with Crippen LogP contribution in [0, 0.1) is 5.92 Å². The van der Waals surface area contributed by atoms with E-state index in [-0.39, 0.29) is 0 Å². The Hall–Kier alpha value is -0.640. The second-order valence-electron chi connectivity index (χ2n) is 4.76. The zero-order chi connectivity index (χ0) is 11.5. The number of pyridine rings is 1. The lowest BCUT2D eigenvalue weighted by atomic mass is 9.96. The van der Waals surface area contributed by atoms with Crippen molar-refractivity contribution in [3.05, 3.63) is 29.0 Å². The summed E-state index contributed by atoms with van der Waals surface area (Å²) >= 11 is 5.94. The van der Waals surface area contributed by atoms with Gasteiger partial charge in [0.15, 0.2) is 0 Å². The molecule has 0 aromatic carbocycles. The number of hydrogen-bond donors (Lipinski definition) is 1. The molecule has 2 N–H and O–H groups in total. The lowest BCUT2D eigenvalue weighted by molar-refractivity contribution is 0.157. The molecular weight excluding hydrogens is 222 g/mol. The molecular formula is C12H18ClN3. The molecule has 2 heterocycles. The van der Waals surface area contributed by atoms with Gasteiger partial charge in [0.2, 0.25) is 0 Å². The number of likely N-dealkylation sites (tertiary alicyclic amines) is 1. The van der Waals surface area contributed by atoms with Crippen LogP contribution >= 0.6 is 11.6 Å². The van der Waals surface area contributed by atoms with Crippen molar-refractivity contribution in [1.29, 1.82) is 0 Å². The highest BCUT2D eigenvalue weighted by Gasteiger charge is 2.22. The molecule has 0 amide bonds. The second kappa shape index (κ2) is 5.13. The Balaban J connectivity index is 1.98. The molecule has 2 unspecified atom stereocenters. The van der Waals surface area contributed by atoms with Gasteiger partial charge in [0.05, 0.1) is 5.69 Å². The van der Waals surface area contributed by atoms with E-state index in [0.29, 0.717) is 12.0 Å². The van der Waals surface area contributed by atoms with Crippen molar-refractivity contribution in [2.45, 2.75) is 25.9 Å². The first-order valence-corrected chi connectivity index (χ1v) is 6.09. The molecule has 88 valence electrons. The fourth-order valence-electron chi connectivity index (χ4n) is 2.41. The van der Waals surface area contributed by atoms with Gasteiger partial charge in [0.25, 0.3) is 0 Å². The fraction of sp³-hybridized carbons (Fsp3) is 0.583. The third-order valence-electron chi connectivity index (χ3n) is 2.93. The average Bonchev–Trinajstić information content (AvgIpc) is 2.15. The van der Waals surface area contributed by atoms with Gasteiger partial charge in [0.1, 0.15) is 0 Å². The summed E-state index contributed by atoms with van der Waals surface area (Å²) in [5.41, 5.74) is 7.03. The van der Waals surface area contributed by atoms with Crippen LogP contribution < -0.4 is 5.73 Å². The van der Waals surface area contributed by atoms with Gasteiger partial charge in [-0.25, -0.2) is 0 Å². The summed E-state index contributed by atoms with van der Waals surface area (Å²) in [6, 6.07) is 4.02. The van der Waals surface area contributed by atoms with E-state index in [0.717, 1.165) is 36.8 Å². The third kappa shape index (κ3) is 3.17. The van der Waals surface area contributed by atoms with Gasteiger partial charge in [0, 0.05) is 36.9 Å². The number of aromatic nitrogens is 1. The minimum absolute atomic E-state index is 0.294. The summed E-state index contributed by atoms with van der Waals surface area (Å²) < 4.78 is 0. The molecule has 0 aliphatic carbocycles. The van der Waals surface area contributed by atoms with Gasteiger partial charge in [-0.2, -0.15) is 0 Å². The largest absolute Gasteiger partial charge is 0.327 e. The zero-order valence-corrected chi connectivity index (χ0v) is 10.3. The molecule has 2 atom stereocenters. The van der Waals surface area contributed by atoms with Crippen LogP contribution in [0.5, 0.6) is 0 Å². The van der Waals surface area contributed by atoms with Crippen molar-refractivity contribution in [3.63, 3.8) is 0 Å².